The molecule has 2 saturated heterocycles. The molecule has 0 radical (unpaired) electrons. The van der Waals surface area contributed by atoms with Crippen LogP contribution < -0.4 is 10.6 Å². The highest BCUT2D eigenvalue weighted by atomic mass is 19.1. The Morgan fingerprint density at radius 3 is 2.37 bits per heavy atom. The fourth-order valence-electron chi connectivity index (χ4n) is 3.67. The van der Waals surface area contributed by atoms with Gasteiger partial charge in [-0.05, 0) is 50.2 Å². The number of carbonyl (C=O) groups excluding carboxylic acids is 2. The Bertz CT molecular complexity index is 653. The third-order valence-electron chi connectivity index (χ3n) is 5.35. The number of hydrogen-bond acceptors (Lipinski definition) is 5. The number of hydrogen-bond donors (Lipinski definition) is 2. The summed E-state index contributed by atoms with van der Waals surface area (Å²) in [6.45, 7) is 4.26. The van der Waals surface area contributed by atoms with Crippen LogP contribution in [-0.4, -0.2) is 80.1 Å². The van der Waals surface area contributed by atoms with Gasteiger partial charge in [-0.25, -0.2) is 4.39 Å². The van der Waals surface area contributed by atoms with Crippen LogP contribution in [0.1, 0.15) is 12.8 Å². The predicted octanol–water partition coefficient (Wildman–Crippen LogP) is 0.677. The van der Waals surface area contributed by atoms with Gasteiger partial charge >= 0.3 is 0 Å². The zero-order valence-corrected chi connectivity index (χ0v) is 15.7. The Morgan fingerprint density at radius 1 is 1.15 bits per heavy atom. The molecule has 7 nitrogen and oxygen atoms in total. The van der Waals surface area contributed by atoms with Gasteiger partial charge in [0.15, 0.2) is 0 Å². The van der Waals surface area contributed by atoms with Crippen LogP contribution in [0.25, 0.3) is 0 Å². The van der Waals surface area contributed by atoms with E-state index in [0.717, 1.165) is 13.1 Å². The van der Waals surface area contributed by atoms with E-state index in [1.165, 1.54) is 24.3 Å². The Kier molecular flexibility index (Phi) is 6.41. The number of methoxy groups -OCH3 is 1. The number of nitrogens with one attached hydrogen (secondary N) is 2. The van der Waals surface area contributed by atoms with Crippen molar-refractivity contribution in [2.45, 2.75) is 18.4 Å². The molecule has 2 N–H and O–H groups in total. The lowest BCUT2D eigenvalue weighted by molar-refractivity contribution is -0.160. The van der Waals surface area contributed by atoms with Gasteiger partial charge in [0.25, 0.3) is 5.91 Å². The first-order valence-corrected chi connectivity index (χ1v) is 9.35. The van der Waals surface area contributed by atoms with E-state index >= 15 is 0 Å². The standard InChI is InChI=1S/C19H27FN4O3/c1-27-19(6-8-21-9-7-19)18(26)24-12-10-23(11-13-24)14-17(25)22-16-4-2-15(20)3-5-16/h2-5,21H,6-14H2,1H3,(H,22,25). The first kappa shape index (κ1) is 19.7. The number of nitrogens with zero attached hydrogens (tertiary/aromatic N) is 2. The number of piperidine rings is 1. The molecule has 0 bridgehead atoms. The van der Waals surface area contributed by atoms with Crippen LogP contribution in [0, 0.1) is 5.82 Å². The van der Waals surface area contributed by atoms with E-state index in [-0.39, 0.29) is 24.2 Å². The summed E-state index contributed by atoms with van der Waals surface area (Å²) >= 11 is 0. The number of anilines is 1. The molecule has 0 saturated carbocycles. The summed E-state index contributed by atoms with van der Waals surface area (Å²) < 4.78 is 18.5. The first-order chi connectivity index (χ1) is 13.0. The van der Waals surface area contributed by atoms with E-state index < -0.39 is 5.60 Å². The van der Waals surface area contributed by atoms with E-state index in [2.05, 4.69) is 10.6 Å². The number of halogens is 1. The highest BCUT2D eigenvalue weighted by Gasteiger charge is 2.43. The minimum absolute atomic E-state index is 0.0573. The van der Waals surface area contributed by atoms with Crippen molar-refractivity contribution in [2.24, 2.45) is 0 Å². The summed E-state index contributed by atoms with van der Waals surface area (Å²) in [5.74, 6) is -0.425. The predicted molar refractivity (Wildman–Crippen MR) is 99.9 cm³/mol. The van der Waals surface area contributed by atoms with Gasteiger partial charge in [-0.1, -0.05) is 0 Å². The second-order valence-corrected chi connectivity index (χ2v) is 7.07. The number of carbonyl (C=O) groups is 2. The van der Waals surface area contributed by atoms with Gasteiger partial charge in [0, 0.05) is 39.0 Å². The zero-order chi connectivity index (χ0) is 19.3. The van der Waals surface area contributed by atoms with Crippen molar-refractivity contribution in [1.29, 1.82) is 0 Å². The van der Waals surface area contributed by atoms with Crippen molar-refractivity contribution >= 4 is 17.5 Å². The fraction of sp³-hybridized carbons (Fsp3) is 0.579. The van der Waals surface area contributed by atoms with Crippen molar-refractivity contribution < 1.29 is 18.7 Å². The molecule has 27 heavy (non-hydrogen) atoms. The van der Waals surface area contributed by atoms with Crippen LogP contribution in [0.15, 0.2) is 24.3 Å². The molecule has 0 aromatic heterocycles. The van der Waals surface area contributed by atoms with Crippen LogP contribution in [0.5, 0.6) is 0 Å². The zero-order valence-electron chi connectivity index (χ0n) is 15.7. The average molecular weight is 378 g/mol. The lowest BCUT2D eigenvalue weighted by atomic mass is 9.90. The number of piperazine rings is 1. The van der Waals surface area contributed by atoms with Crippen molar-refractivity contribution in [3.8, 4) is 0 Å². The molecule has 2 aliphatic rings. The van der Waals surface area contributed by atoms with Gasteiger partial charge in [-0.15, -0.1) is 0 Å². The summed E-state index contributed by atoms with van der Waals surface area (Å²) in [5, 5.41) is 6.02. The van der Waals surface area contributed by atoms with Crippen LogP contribution in [0.3, 0.4) is 0 Å². The molecule has 8 heteroatoms. The molecule has 0 unspecified atom stereocenters. The Hall–Kier alpha value is -2.03. The third-order valence-corrected chi connectivity index (χ3v) is 5.35. The number of benzene rings is 1. The molecule has 1 aromatic rings. The van der Waals surface area contributed by atoms with Gasteiger partial charge < -0.3 is 20.3 Å². The van der Waals surface area contributed by atoms with Crippen molar-refractivity contribution in [3.63, 3.8) is 0 Å². The largest absolute Gasteiger partial charge is 0.368 e. The molecule has 3 rings (SSSR count). The molecule has 2 amide bonds. The van der Waals surface area contributed by atoms with Crippen molar-refractivity contribution in [2.75, 3.05) is 58.2 Å². The van der Waals surface area contributed by atoms with Crippen LogP contribution in [-0.2, 0) is 14.3 Å². The van der Waals surface area contributed by atoms with E-state index in [9.17, 15) is 14.0 Å². The molecule has 0 aliphatic carbocycles. The van der Waals surface area contributed by atoms with Crippen molar-refractivity contribution in [3.05, 3.63) is 30.1 Å². The highest BCUT2D eigenvalue weighted by molar-refractivity contribution is 5.92. The summed E-state index contributed by atoms with van der Waals surface area (Å²) in [6, 6.07) is 5.69. The summed E-state index contributed by atoms with van der Waals surface area (Å²) in [5.41, 5.74) is -0.143. The number of amides is 2. The van der Waals surface area contributed by atoms with Crippen molar-refractivity contribution in [1.82, 2.24) is 15.1 Å². The quantitative estimate of drug-likeness (QED) is 0.788. The Balaban J connectivity index is 1.47. The molecular weight excluding hydrogens is 351 g/mol. The second kappa shape index (κ2) is 8.77. The smallest absolute Gasteiger partial charge is 0.254 e. The molecule has 1 aromatic carbocycles. The lowest BCUT2D eigenvalue weighted by Crippen LogP contribution is -2.59. The van der Waals surface area contributed by atoms with Gasteiger partial charge in [0.2, 0.25) is 5.91 Å². The minimum atomic E-state index is -0.715. The molecular formula is C19H27FN4O3. The van der Waals surface area contributed by atoms with E-state index in [0.29, 0.717) is 44.7 Å². The Morgan fingerprint density at radius 2 is 1.78 bits per heavy atom. The molecule has 2 fully saturated rings. The normalized spacial score (nSPS) is 20.3. The van der Waals surface area contributed by atoms with Gasteiger partial charge in [0.05, 0.1) is 6.54 Å². The van der Waals surface area contributed by atoms with Crippen LogP contribution in [0.4, 0.5) is 10.1 Å². The summed E-state index contributed by atoms with van der Waals surface area (Å²) in [7, 11) is 1.61. The monoisotopic (exact) mass is 378 g/mol. The van der Waals surface area contributed by atoms with Crippen LogP contribution in [0.2, 0.25) is 0 Å². The van der Waals surface area contributed by atoms with E-state index in [1.807, 2.05) is 9.80 Å². The number of ether oxygens (including phenoxy) is 1. The van der Waals surface area contributed by atoms with E-state index in [4.69, 9.17) is 4.74 Å². The summed E-state index contributed by atoms with van der Waals surface area (Å²) in [6.07, 6.45) is 1.37. The van der Waals surface area contributed by atoms with Gasteiger partial charge in [0.1, 0.15) is 11.4 Å². The topological polar surface area (TPSA) is 73.9 Å². The fourth-order valence-corrected chi connectivity index (χ4v) is 3.67. The maximum atomic E-state index is 12.9. The maximum Gasteiger partial charge on any atom is 0.254 e. The Labute approximate surface area is 158 Å². The average Bonchev–Trinajstić information content (AvgIpc) is 2.70. The molecule has 0 atom stereocenters. The second-order valence-electron chi connectivity index (χ2n) is 7.07. The van der Waals surface area contributed by atoms with Crippen LogP contribution >= 0.6 is 0 Å². The first-order valence-electron chi connectivity index (χ1n) is 9.35. The van der Waals surface area contributed by atoms with Gasteiger partial charge in [-0.2, -0.15) is 0 Å². The maximum absolute atomic E-state index is 12.9. The third kappa shape index (κ3) is 4.82. The van der Waals surface area contributed by atoms with Gasteiger partial charge in [-0.3, -0.25) is 14.5 Å². The molecule has 2 aliphatic heterocycles. The molecule has 148 valence electrons. The van der Waals surface area contributed by atoms with E-state index in [1.54, 1.807) is 7.11 Å². The summed E-state index contributed by atoms with van der Waals surface area (Å²) in [4.78, 5) is 29.0. The molecule has 0 spiro atoms. The lowest BCUT2D eigenvalue weighted by Gasteiger charge is -2.42. The molecule has 2 heterocycles. The minimum Gasteiger partial charge on any atom is -0.368 e. The highest BCUT2D eigenvalue weighted by Crippen LogP contribution is 2.25. The number of rotatable bonds is 5. The SMILES string of the molecule is COC1(C(=O)N2CCN(CC(=O)Nc3ccc(F)cc3)CC2)CCNCC1.